The first-order valence-electron chi connectivity index (χ1n) is 8.31. The summed E-state index contributed by atoms with van der Waals surface area (Å²) in [7, 11) is 0. The number of ether oxygens (including phenoxy) is 1. The van der Waals surface area contributed by atoms with Crippen LogP contribution < -0.4 is 5.32 Å². The van der Waals surface area contributed by atoms with Gasteiger partial charge in [0.25, 0.3) is 0 Å². The zero-order chi connectivity index (χ0) is 14.2. The molecule has 1 heterocycles. The van der Waals surface area contributed by atoms with Crippen LogP contribution in [0.4, 0.5) is 0 Å². The predicted octanol–water partition coefficient (Wildman–Crippen LogP) is 2.28. The molecule has 2 saturated carbocycles. The maximum atomic E-state index is 12.5. The standard InChI is InChI=1S/C16H28N2O2/c1-12(2)11-14-17-16(7-8-16)15(19)18(14)9-10-20-13-5-3-4-6-13/h12-14,17H,3-11H2,1-2H3. The van der Waals surface area contributed by atoms with Crippen LogP contribution in [0.15, 0.2) is 0 Å². The highest BCUT2D eigenvalue weighted by molar-refractivity contribution is 5.91. The molecule has 20 heavy (non-hydrogen) atoms. The molecule has 0 aromatic rings. The molecule has 1 saturated heterocycles. The Hall–Kier alpha value is -0.610. The van der Waals surface area contributed by atoms with Crippen molar-refractivity contribution < 1.29 is 9.53 Å². The molecule has 4 nitrogen and oxygen atoms in total. The average molecular weight is 280 g/mol. The number of carbonyl (C=O) groups is 1. The number of carbonyl (C=O) groups excluding carboxylic acids is 1. The number of hydrogen-bond donors (Lipinski definition) is 1. The van der Waals surface area contributed by atoms with Crippen LogP contribution in [-0.4, -0.2) is 41.8 Å². The van der Waals surface area contributed by atoms with Gasteiger partial charge in [-0.2, -0.15) is 0 Å². The minimum absolute atomic E-state index is 0.188. The zero-order valence-corrected chi connectivity index (χ0v) is 12.9. The lowest BCUT2D eigenvalue weighted by atomic mass is 10.1. The molecule has 1 spiro atoms. The second-order valence-corrected chi connectivity index (χ2v) is 7.15. The Labute approximate surface area is 122 Å². The monoisotopic (exact) mass is 280 g/mol. The Morgan fingerprint density at radius 2 is 2.05 bits per heavy atom. The fourth-order valence-electron chi connectivity index (χ4n) is 3.62. The van der Waals surface area contributed by atoms with Crippen LogP contribution in [-0.2, 0) is 9.53 Å². The molecule has 0 aromatic carbocycles. The summed E-state index contributed by atoms with van der Waals surface area (Å²) < 4.78 is 5.93. The molecule has 0 aromatic heterocycles. The second kappa shape index (κ2) is 5.64. The summed E-state index contributed by atoms with van der Waals surface area (Å²) in [6, 6.07) is 0. The van der Waals surface area contributed by atoms with Gasteiger partial charge in [-0.05, 0) is 38.0 Å². The van der Waals surface area contributed by atoms with Gasteiger partial charge in [0.2, 0.25) is 5.91 Å². The summed E-state index contributed by atoms with van der Waals surface area (Å²) in [5.41, 5.74) is -0.188. The number of nitrogens with one attached hydrogen (secondary N) is 1. The quantitative estimate of drug-likeness (QED) is 0.811. The number of amides is 1. The highest BCUT2D eigenvalue weighted by Crippen LogP contribution is 2.42. The Morgan fingerprint density at radius 3 is 2.65 bits per heavy atom. The van der Waals surface area contributed by atoms with E-state index >= 15 is 0 Å². The zero-order valence-electron chi connectivity index (χ0n) is 12.9. The van der Waals surface area contributed by atoms with E-state index in [1.807, 2.05) is 4.90 Å². The fraction of sp³-hybridized carbons (Fsp3) is 0.938. The molecule has 1 unspecified atom stereocenters. The van der Waals surface area contributed by atoms with Gasteiger partial charge in [-0.1, -0.05) is 26.7 Å². The van der Waals surface area contributed by atoms with Gasteiger partial charge in [0.05, 0.1) is 24.4 Å². The largest absolute Gasteiger partial charge is 0.376 e. The third-order valence-electron chi connectivity index (χ3n) is 4.92. The molecular formula is C16H28N2O2. The van der Waals surface area contributed by atoms with Crippen LogP contribution in [0.25, 0.3) is 0 Å². The van der Waals surface area contributed by atoms with E-state index < -0.39 is 0 Å². The molecule has 4 heteroatoms. The van der Waals surface area contributed by atoms with E-state index in [1.54, 1.807) is 0 Å². The van der Waals surface area contributed by atoms with Gasteiger partial charge in [-0.25, -0.2) is 0 Å². The lowest BCUT2D eigenvalue weighted by Gasteiger charge is -2.26. The summed E-state index contributed by atoms with van der Waals surface area (Å²) in [4.78, 5) is 14.6. The van der Waals surface area contributed by atoms with Gasteiger partial charge in [0.15, 0.2) is 0 Å². The van der Waals surface area contributed by atoms with Crippen molar-refractivity contribution >= 4 is 5.91 Å². The number of rotatable bonds is 6. The van der Waals surface area contributed by atoms with E-state index in [9.17, 15) is 4.79 Å². The average Bonchev–Trinajstić information content (AvgIpc) is 2.90. The third-order valence-corrected chi connectivity index (χ3v) is 4.92. The molecule has 114 valence electrons. The number of hydrogen-bond acceptors (Lipinski definition) is 3. The molecule has 3 rings (SSSR count). The summed E-state index contributed by atoms with van der Waals surface area (Å²) in [6.45, 7) is 5.89. The highest BCUT2D eigenvalue weighted by Gasteiger charge is 2.58. The minimum atomic E-state index is -0.188. The normalized spacial score (nSPS) is 29.1. The molecule has 1 atom stereocenters. The molecule has 1 aliphatic heterocycles. The van der Waals surface area contributed by atoms with Crippen molar-refractivity contribution in [1.29, 1.82) is 0 Å². The van der Waals surface area contributed by atoms with E-state index in [0.29, 0.717) is 24.5 Å². The van der Waals surface area contributed by atoms with Gasteiger partial charge >= 0.3 is 0 Å². The molecule has 0 bridgehead atoms. The third kappa shape index (κ3) is 2.86. The Bertz CT molecular complexity index is 359. The molecule has 0 radical (unpaired) electrons. The Balaban J connectivity index is 1.52. The van der Waals surface area contributed by atoms with E-state index in [-0.39, 0.29) is 11.7 Å². The molecule has 1 amide bonds. The van der Waals surface area contributed by atoms with Crippen LogP contribution in [0.5, 0.6) is 0 Å². The Kier molecular flexibility index (Phi) is 4.04. The van der Waals surface area contributed by atoms with Crippen molar-refractivity contribution in [1.82, 2.24) is 10.2 Å². The molecule has 3 aliphatic rings. The fourth-order valence-corrected chi connectivity index (χ4v) is 3.62. The van der Waals surface area contributed by atoms with Gasteiger partial charge in [-0.15, -0.1) is 0 Å². The van der Waals surface area contributed by atoms with Crippen molar-refractivity contribution in [2.45, 2.75) is 76.6 Å². The maximum absolute atomic E-state index is 12.5. The van der Waals surface area contributed by atoms with Crippen LogP contribution in [0.3, 0.4) is 0 Å². The van der Waals surface area contributed by atoms with Crippen LogP contribution in [0.2, 0.25) is 0 Å². The SMILES string of the molecule is CC(C)CC1NC2(CC2)C(=O)N1CCOC1CCCC1. The molecule has 2 aliphatic carbocycles. The van der Waals surface area contributed by atoms with Crippen molar-refractivity contribution in [2.75, 3.05) is 13.2 Å². The van der Waals surface area contributed by atoms with Gasteiger partial charge < -0.3 is 9.64 Å². The van der Waals surface area contributed by atoms with Gasteiger partial charge in [0.1, 0.15) is 0 Å². The highest BCUT2D eigenvalue weighted by atomic mass is 16.5. The van der Waals surface area contributed by atoms with Gasteiger partial charge in [0, 0.05) is 6.54 Å². The maximum Gasteiger partial charge on any atom is 0.244 e. The summed E-state index contributed by atoms with van der Waals surface area (Å²) >= 11 is 0. The Morgan fingerprint density at radius 1 is 1.35 bits per heavy atom. The first kappa shape index (κ1) is 14.3. The lowest BCUT2D eigenvalue weighted by molar-refractivity contribution is -0.132. The molecule has 3 fully saturated rings. The van der Waals surface area contributed by atoms with Crippen molar-refractivity contribution in [3.05, 3.63) is 0 Å². The van der Waals surface area contributed by atoms with Crippen LogP contribution in [0.1, 0.15) is 58.8 Å². The van der Waals surface area contributed by atoms with Gasteiger partial charge in [-0.3, -0.25) is 10.1 Å². The first-order valence-corrected chi connectivity index (χ1v) is 8.31. The van der Waals surface area contributed by atoms with E-state index in [0.717, 1.165) is 25.8 Å². The summed E-state index contributed by atoms with van der Waals surface area (Å²) in [5.74, 6) is 0.922. The van der Waals surface area contributed by atoms with Crippen molar-refractivity contribution in [2.24, 2.45) is 5.92 Å². The van der Waals surface area contributed by atoms with E-state index in [1.165, 1.54) is 25.7 Å². The van der Waals surface area contributed by atoms with Crippen molar-refractivity contribution in [3.8, 4) is 0 Å². The van der Waals surface area contributed by atoms with Crippen LogP contribution >= 0.6 is 0 Å². The summed E-state index contributed by atoms with van der Waals surface area (Å²) in [6.07, 6.45) is 8.73. The van der Waals surface area contributed by atoms with E-state index in [2.05, 4.69) is 19.2 Å². The predicted molar refractivity (Wildman–Crippen MR) is 78.3 cm³/mol. The second-order valence-electron chi connectivity index (χ2n) is 7.15. The topological polar surface area (TPSA) is 41.6 Å². The molecular weight excluding hydrogens is 252 g/mol. The smallest absolute Gasteiger partial charge is 0.244 e. The van der Waals surface area contributed by atoms with Crippen LogP contribution in [0, 0.1) is 5.92 Å². The molecule has 1 N–H and O–H groups in total. The lowest BCUT2D eigenvalue weighted by Crippen LogP contribution is -2.40. The van der Waals surface area contributed by atoms with E-state index in [4.69, 9.17) is 4.74 Å². The first-order chi connectivity index (χ1) is 9.61. The number of nitrogens with zero attached hydrogens (tertiary/aromatic N) is 1. The minimum Gasteiger partial charge on any atom is -0.376 e. The van der Waals surface area contributed by atoms with Crippen molar-refractivity contribution in [3.63, 3.8) is 0 Å². The summed E-state index contributed by atoms with van der Waals surface area (Å²) in [5, 5.41) is 3.57.